The number of thiazole rings is 1. The topological polar surface area (TPSA) is 88.2 Å². The predicted octanol–water partition coefficient (Wildman–Crippen LogP) is 1.56. The number of carbonyl (C=O) groups is 1. The molecule has 118 valence electrons. The van der Waals surface area contributed by atoms with Gasteiger partial charge in [0.1, 0.15) is 5.01 Å². The van der Waals surface area contributed by atoms with E-state index < -0.39 is 15.4 Å². The van der Waals surface area contributed by atoms with Gasteiger partial charge in [0.2, 0.25) is 0 Å². The Morgan fingerprint density at radius 3 is 2.76 bits per heavy atom. The second-order valence-electron chi connectivity index (χ2n) is 5.68. The number of carbonyl (C=O) groups excluding carboxylic acids is 1. The minimum Gasteiger partial charge on any atom is -0.334 e. The molecule has 2 heterocycles. The summed E-state index contributed by atoms with van der Waals surface area (Å²) in [5.74, 6) is 0.175. The van der Waals surface area contributed by atoms with Gasteiger partial charge in [0.25, 0.3) is 0 Å². The van der Waals surface area contributed by atoms with Gasteiger partial charge in [-0.15, -0.1) is 11.3 Å². The van der Waals surface area contributed by atoms with Crippen LogP contribution in [0.25, 0.3) is 0 Å². The Hall–Kier alpha value is -1.15. The summed E-state index contributed by atoms with van der Waals surface area (Å²) in [6.45, 7) is 5.83. The van der Waals surface area contributed by atoms with Crippen LogP contribution in [0, 0.1) is 6.92 Å². The Morgan fingerprint density at radius 1 is 1.57 bits per heavy atom. The molecule has 1 aromatic rings. The Balaban J connectivity index is 2.00. The molecule has 6 nitrogen and oxygen atoms in total. The lowest BCUT2D eigenvalue weighted by Crippen LogP contribution is -2.50. The van der Waals surface area contributed by atoms with E-state index >= 15 is 0 Å². The van der Waals surface area contributed by atoms with Gasteiger partial charge < -0.3 is 10.6 Å². The minimum absolute atomic E-state index is 0.0274. The second-order valence-corrected chi connectivity index (χ2v) is 8.76. The normalized spacial score (nSPS) is 23.5. The second kappa shape index (κ2) is 5.92. The zero-order chi connectivity index (χ0) is 15.7. The molecule has 0 aromatic carbocycles. The molecule has 0 spiro atoms. The molecular weight excluding hydrogens is 310 g/mol. The fraction of sp³-hybridized carbons (Fsp3) is 0.692. The van der Waals surface area contributed by atoms with Crippen LogP contribution in [0.3, 0.4) is 0 Å². The third kappa shape index (κ3) is 3.94. The molecule has 1 fully saturated rings. The molecule has 8 heteroatoms. The van der Waals surface area contributed by atoms with Crippen molar-refractivity contribution in [1.29, 1.82) is 0 Å². The molecule has 1 saturated heterocycles. The van der Waals surface area contributed by atoms with E-state index in [0.29, 0.717) is 12.8 Å². The van der Waals surface area contributed by atoms with Gasteiger partial charge in [0.05, 0.1) is 17.0 Å². The molecule has 1 aliphatic rings. The third-order valence-corrected chi connectivity index (χ3v) is 6.75. The number of rotatable bonds is 4. The number of urea groups is 1. The molecule has 0 saturated carbocycles. The molecule has 21 heavy (non-hydrogen) atoms. The maximum Gasteiger partial charge on any atom is 0.315 e. The van der Waals surface area contributed by atoms with Crippen molar-refractivity contribution in [2.75, 3.05) is 11.5 Å². The monoisotopic (exact) mass is 331 g/mol. The Labute approximate surface area is 129 Å². The number of nitrogens with zero attached hydrogens (tertiary/aromatic N) is 1. The Bertz CT molecular complexity index is 626. The average molecular weight is 331 g/mol. The maximum atomic E-state index is 12.1. The summed E-state index contributed by atoms with van der Waals surface area (Å²) >= 11 is 1.52. The summed E-state index contributed by atoms with van der Waals surface area (Å²) in [6.07, 6.45) is 1.19. The Morgan fingerprint density at radius 2 is 2.29 bits per heavy atom. The van der Waals surface area contributed by atoms with Crippen LogP contribution in [0.1, 0.15) is 37.4 Å². The van der Waals surface area contributed by atoms with Gasteiger partial charge in [-0.2, -0.15) is 0 Å². The van der Waals surface area contributed by atoms with Crippen LogP contribution in [0.5, 0.6) is 0 Å². The molecule has 2 amide bonds. The van der Waals surface area contributed by atoms with E-state index in [2.05, 4.69) is 15.6 Å². The zero-order valence-corrected chi connectivity index (χ0v) is 14.1. The van der Waals surface area contributed by atoms with Crippen molar-refractivity contribution in [3.05, 3.63) is 16.1 Å². The van der Waals surface area contributed by atoms with Gasteiger partial charge in [-0.3, -0.25) is 0 Å². The lowest BCUT2D eigenvalue weighted by atomic mass is 10.0. The van der Waals surface area contributed by atoms with E-state index in [1.807, 2.05) is 26.2 Å². The number of hydrogen-bond donors (Lipinski definition) is 2. The first kappa shape index (κ1) is 16.2. The minimum atomic E-state index is -2.99. The molecule has 0 radical (unpaired) electrons. The molecule has 0 bridgehead atoms. The van der Waals surface area contributed by atoms with Crippen LogP contribution >= 0.6 is 11.3 Å². The molecule has 2 rings (SSSR count). The van der Waals surface area contributed by atoms with Gasteiger partial charge >= 0.3 is 6.03 Å². The molecular formula is C13H21N3O3S2. The standard InChI is InChI=1S/C13H21N3O3S2/c1-4-13(3,11-14-9(2)7-20-11)16-12(17)15-10-5-6-21(18,19)8-10/h7,10H,4-6,8H2,1-3H3,(H2,15,16,17)/t10-,13-/m0/s1. The fourth-order valence-electron chi connectivity index (χ4n) is 2.28. The largest absolute Gasteiger partial charge is 0.334 e. The van der Waals surface area contributed by atoms with Crippen molar-refractivity contribution in [3.8, 4) is 0 Å². The quantitative estimate of drug-likeness (QED) is 0.876. The van der Waals surface area contributed by atoms with Gasteiger partial charge in [-0.1, -0.05) is 6.92 Å². The Kier molecular flexibility index (Phi) is 4.57. The maximum absolute atomic E-state index is 12.1. The highest BCUT2D eigenvalue weighted by Crippen LogP contribution is 2.27. The van der Waals surface area contributed by atoms with Crippen molar-refractivity contribution in [2.24, 2.45) is 0 Å². The van der Waals surface area contributed by atoms with Crippen LogP contribution < -0.4 is 10.6 Å². The summed E-state index contributed by atoms with van der Waals surface area (Å²) < 4.78 is 22.8. The van der Waals surface area contributed by atoms with Crippen molar-refractivity contribution >= 4 is 27.2 Å². The summed E-state index contributed by atoms with van der Waals surface area (Å²) in [5.41, 5.74) is 0.388. The van der Waals surface area contributed by atoms with E-state index in [1.165, 1.54) is 11.3 Å². The van der Waals surface area contributed by atoms with Crippen LogP contribution in [-0.2, 0) is 15.4 Å². The van der Waals surface area contributed by atoms with Gasteiger partial charge in [0, 0.05) is 17.1 Å². The van der Waals surface area contributed by atoms with Crippen molar-refractivity contribution in [3.63, 3.8) is 0 Å². The van der Waals surface area contributed by atoms with E-state index in [0.717, 1.165) is 10.7 Å². The number of sulfone groups is 1. The van der Waals surface area contributed by atoms with Crippen LogP contribution in [0.2, 0.25) is 0 Å². The fourth-order valence-corrected chi connectivity index (χ4v) is 4.94. The molecule has 2 N–H and O–H groups in total. The molecule has 0 aliphatic carbocycles. The van der Waals surface area contributed by atoms with Crippen molar-refractivity contribution < 1.29 is 13.2 Å². The first-order chi connectivity index (χ1) is 9.74. The van der Waals surface area contributed by atoms with Crippen molar-refractivity contribution in [1.82, 2.24) is 15.6 Å². The smallest absolute Gasteiger partial charge is 0.315 e. The SMILES string of the molecule is CC[C@](C)(NC(=O)N[C@H]1CCS(=O)(=O)C1)c1nc(C)cs1. The van der Waals surface area contributed by atoms with Crippen LogP contribution in [-0.4, -0.2) is 37.0 Å². The number of aromatic nitrogens is 1. The van der Waals surface area contributed by atoms with E-state index in [1.54, 1.807) is 0 Å². The summed E-state index contributed by atoms with van der Waals surface area (Å²) in [6, 6.07) is -0.636. The average Bonchev–Trinajstić information content (AvgIpc) is 2.95. The summed E-state index contributed by atoms with van der Waals surface area (Å²) in [7, 11) is -2.99. The highest BCUT2D eigenvalue weighted by molar-refractivity contribution is 7.91. The van der Waals surface area contributed by atoms with E-state index in [-0.39, 0.29) is 23.6 Å². The van der Waals surface area contributed by atoms with Crippen molar-refractivity contribution in [2.45, 2.75) is 45.2 Å². The number of nitrogens with one attached hydrogen (secondary N) is 2. The highest BCUT2D eigenvalue weighted by atomic mass is 32.2. The van der Waals surface area contributed by atoms with E-state index in [4.69, 9.17) is 0 Å². The lowest BCUT2D eigenvalue weighted by molar-refractivity contribution is 0.223. The molecule has 0 unspecified atom stereocenters. The van der Waals surface area contributed by atoms with Gasteiger partial charge in [-0.25, -0.2) is 18.2 Å². The van der Waals surface area contributed by atoms with Gasteiger partial charge in [0.15, 0.2) is 9.84 Å². The predicted molar refractivity (Wildman–Crippen MR) is 83.2 cm³/mol. The zero-order valence-electron chi connectivity index (χ0n) is 12.5. The molecule has 2 atom stereocenters. The molecule has 1 aliphatic heterocycles. The highest BCUT2D eigenvalue weighted by Gasteiger charge is 2.33. The summed E-state index contributed by atoms with van der Waals surface area (Å²) in [5, 5.41) is 8.49. The number of amides is 2. The lowest BCUT2D eigenvalue weighted by Gasteiger charge is -2.28. The van der Waals surface area contributed by atoms with Crippen LogP contribution in [0.4, 0.5) is 4.79 Å². The first-order valence-electron chi connectivity index (χ1n) is 6.96. The van der Waals surface area contributed by atoms with E-state index in [9.17, 15) is 13.2 Å². The van der Waals surface area contributed by atoms with Crippen LogP contribution in [0.15, 0.2) is 5.38 Å². The van der Waals surface area contributed by atoms with Gasteiger partial charge in [-0.05, 0) is 26.7 Å². The molecule has 1 aromatic heterocycles. The number of hydrogen-bond acceptors (Lipinski definition) is 5. The third-order valence-electron chi connectivity index (χ3n) is 3.76. The summed E-state index contributed by atoms with van der Waals surface area (Å²) in [4.78, 5) is 16.6. The number of aryl methyl sites for hydroxylation is 1. The first-order valence-corrected chi connectivity index (χ1v) is 9.66.